The summed E-state index contributed by atoms with van der Waals surface area (Å²) in [6.07, 6.45) is 0. The first-order valence-corrected chi connectivity index (χ1v) is 7.28. The molecule has 1 aliphatic rings. The fourth-order valence-electron chi connectivity index (χ4n) is 2.51. The minimum Gasteiger partial charge on any atom is -0.507 e. The molecule has 0 spiro atoms. The Hall–Kier alpha value is -3.68. The summed E-state index contributed by atoms with van der Waals surface area (Å²) in [6, 6.07) is 10.2. The molecule has 0 saturated heterocycles. The van der Waals surface area contributed by atoms with Crippen molar-refractivity contribution in [3.05, 3.63) is 59.2 Å². The standard InChI is InChI=1S/C17H13N3O5/c1-9(21)18-12-7-4-6-11-14(12)17(25)20(16(11)24)19-15(23)10-5-2-3-8-13(10)22/h2-8,22H,1H3,(H,18,21)(H,19,23). The lowest BCUT2D eigenvalue weighted by Crippen LogP contribution is -2.45. The summed E-state index contributed by atoms with van der Waals surface area (Å²) in [5.74, 6) is -2.99. The van der Waals surface area contributed by atoms with Crippen LogP contribution < -0.4 is 10.7 Å². The lowest BCUT2D eigenvalue weighted by molar-refractivity contribution is -0.114. The Morgan fingerprint density at radius 1 is 1.00 bits per heavy atom. The van der Waals surface area contributed by atoms with Crippen LogP contribution in [0.5, 0.6) is 5.75 Å². The van der Waals surface area contributed by atoms with E-state index < -0.39 is 23.6 Å². The molecule has 1 heterocycles. The number of nitrogens with one attached hydrogen (secondary N) is 2. The number of anilines is 1. The highest BCUT2D eigenvalue weighted by Gasteiger charge is 2.39. The smallest absolute Gasteiger partial charge is 0.282 e. The Bertz CT molecular complexity index is 922. The van der Waals surface area contributed by atoms with E-state index >= 15 is 0 Å². The molecule has 0 aliphatic carbocycles. The van der Waals surface area contributed by atoms with Gasteiger partial charge >= 0.3 is 0 Å². The van der Waals surface area contributed by atoms with Gasteiger partial charge in [0, 0.05) is 6.92 Å². The maximum absolute atomic E-state index is 12.5. The van der Waals surface area contributed by atoms with Gasteiger partial charge in [0.2, 0.25) is 5.91 Å². The molecule has 0 atom stereocenters. The molecule has 0 aromatic heterocycles. The number of phenolic OH excluding ortho intramolecular Hbond substituents is 1. The maximum atomic E-state index is 12.5. The van der Waals surface area contributed by atoms with Crippen molar-refractivity contribution in [2.45, 2.75) is 6.92 Å². The number of nitrogens with zero attached hydrogens (tertiary/aromatic N) is 1. The van der Waals surface area contributed by atoms with Gasteiger partial charge in [0.1, 0.15) is 5.75 Å². The van der Waals surface area contributed by atoms with Crippen LogP contribution in [-0.2, 0) is 4.79 Å². The second-order valence-electron chi connectivity index (χ2n) is 5.31. The van der Waals surface area contributed by atoms with Crippen LogP contribution in [0.2, 0.25) is 0 Å². The van der Waals surface area contributed by atoms with Crippen molar-refractivity contribution in [2.75, 3.05) is 5.32 Å². The number of carbonyl (C=O) groups is 4. The zero-order valence-electron chi connectivity index (χ0n) is 13.1. The summed E-state index contributed by atoms with van der Waals surface area (Å²) in [5, 5.41) is 12.7. The second-order valence-corrected chi connectivity index (χ2v) is 5.31. The monoisotopic (exact) mass is 339 g/mol. The summed E-state index contributed by atoms with van der Waals surface area (Å²) in [4.78, 5) is 48.5. The van der Waals surface area contributed by atoms with Crippen LogP contribution in [0.25, 0.3) is 0 Å². The summed E-state index contributed by atoms with van der Waals surface area (Å²) in [7, 11) is 0. The average molecular weight is 339 g/mol. The number of aromatic hydroxyl groups is 1. The molecule has 0 radical (unpaired) electrons. The molecule has 8 nitrogen and oxygen atoms in total. The third kappa shape index (κ3) is 2.80. The van der Waals surface area contributed by atoms with E-state index in [0.29, 0.717) is 5.01 Å². The lowest BCUT2D eigenvalue weighted by Gasteiger charge is -2.15. The van der Waals surface area contributed by atoms with E-state index in [4.69, 9.17) is 0 Å². The Morgan fingerprint density at radius 2 is 1.72 bits per heavy atom. The zero-order valence-corrected chi connectivity index (χ0v) is 13.1. The molecule has 3 rings (SSSR count). The zero-order chi connectivity index (χ0) is 18.1. The van der Waals surface area contributed by atoms with Gasteiger partial charge in [0.15, 0.2) is 0 Å². The fraction of sp³-hybridized carbons (Fsp3) is 0.0588. The Labute approximate surface area is 142 Å². The molecule has 0 fully saturated rings. The van der Waals surface area contributed by atoms with Gasteiger partial charge < -0.3 is 10.4 Å². The van der Waals surface area contributed by atoms with Crippen LogP contribution in [0.3, 0.4) is 0 Å². The van der Waals surface area contributed by atoms with Crippen molar-refractivity contribution >= 4 is 29.3 Å². The van der Waals surface area contributed by atoms with Crippen LogP contribution in [0.4, 0.5) is 5.69 Å². The first-order valence-electron chi connectivity index (χ1n) is 7.28. The molecule has 2 aromatic carbocycles. The molecule has 4 amide bonds. The molecule has 126 valence electrons. The molecule has 3 N–H and O–H groups in total. The van der Waals surface area contributed by atoms with E-state index in [-0.39, 0.29) is 28.1 Å². The van der Waals surface area contributed by atoms with E-state index in [2.05, 4.69) is 10.7 Å². The van der Waals surface area contributed by atoms with Gasteiger partial charge in [-0.2, -0.15) is 5.01 Å². The topological polar surface area (TPSA) is 116 Å². The molecule has 25 heavy (non-hydrogen) atoms. The van der Waals surface area contributed by atoms with Crippen molar-refractivity contribution in [3.63, 3.8) is 0 Å². The number of imide groups is 1. The normalized spacial score (nSPS) is 12.8. The van der Waals surface area contributed by atoms with Crippen LogP contribution in [0, 0.1) is 0 Å². The van der Waals surface area contributed by atoms with Crippen molar-refractivity contribution in [1.29, 1.82) is 0 Å². The molecule has 0 unspecified atom stereocenters. The Balaban J connectivity index is 1.91. The number of hydrogen-bond acceptors (Lipinski definition) is 5. The molecule has 2 aromatic rings. The minimum atomic E-state index is -0.811. The van der Waals surface area contributed by atoms with Crippen LogP contribution >= 0.6 is 0 Å². The lowest BCUT2D eigenvalue weighted by atomic mass is 10.1. The van der Waals surface area contributed by atoms with Gasteiger partial charge in [-0.1, -0.05) is 18.2 Å². The average Bonchev–Trinajstić information content (AvgIpc) is 2.80. The summed E-state index contributed by atoms with van der Waals surface area (Å²) >= 11 is 0. The van der Waals surface area contributed by atoms with Gasteiger partial charge in [0.25, 0.3) is 17.7 Å². The highest BCUT2D eigenvalue weighted by Crippen LogP contribution is 2.28. The number of amides is 4. The number of hydrogen-bond donors (Lipinski definition) is 3. The van der Waals surface area contributed by atoms with E-state index in [9.17, 15) is 24.3 Å². The van der Waals surface area contributed by atoms with E-state index in [1.165, 1.54) is 49.4 Å². The highest BCUT2D eigenvalue weighted by atomic mass is 16.3. The number of phenols is 1. The van der Waals surface area contributed by atoms with E-state index in [1.54, 1.807) is 0 Å². The van der Waals surface area contributed by atoms with E-state index in [0.717, 1.165) is 0 Å². The van der Waals surface area contributed by atoms with Crippen LogP contribution in [-0.4, -0.2) is 33.7 Å². The van der Waals surface area contributed by atoms with Gasteiger partial charge in [-0.25, -0.2) is 0 Å². The molecular weight excluding hydrogens is 326 g/mol. The molecule has 0 bridgehead atoms. The van der Waals surface area contributed by atoms with Crippen molar-refractivity contribution < 1.29 is 24.3 Å². The largest absolute Gasteiger partial charge is 0.507 e. The van der Waals surface area contributed by atoms with Crippen molar-refractivity contribution in [1.82, 2.24) is 10.4 Å². The van der Waals surface area contributed by atoms with Crippen LogP contribution in [0.15, 0.2) is 42.5 Å². The predicted octanol–water partition coefficient (Wildman–Crippen LogP) is 1.29. The van der Waals surface area contributed by atoms with Crippen LogP contribution in [0.1, 0.15) is 38.0 Å². The van der Waals surface area contributed by atoms with E-state index in [1.807, 2.05) is 0 Å². The third-order valence-corrected chi connectivity index (χ3v) is 3.59. The first kappa shape index (κ1) is 16.2. The fourth-order valence-corrected chi connectivity index (χ4v) is 2.51. The number of rotatable bonds is 3. The first-order chi connectivity index (χ1) is 11.9. The quantitative estimate of drug-likeness (QED) is 0.729. The predicted molar refractivity (Wildman–Crippen MR) is 86.8 cm³/mol. The molecule has 1 aliphatic heterocycles. The SMILES string of the molecule is CC(=O)Nc1cccc2c1C(=O)N(NC(=O)c1ccccc1O)C2=O. The molecule has 8 heteroatoms. The van der Waals surface area contributed by atoms with Gasteiger partial charge in [-0.15, -0.1) is 0 Å². The van der Waals surface area contributed by atoms with Gasteiger partial charge in [0.05, 0.1) is 22.4 Å². The Kier molecular flexibility index (Phi) is 3.94. The second kappa shape index (κ2) is 6.08. The highest BCUT2D eigenvalue weighted by molar-refractivity contribution is 6.25. The Morgan fingerprint density at radius 3 is 2.40 bits per heavy atom. The van der Waals surface area contributed by atoms with Crippen molar-refractivity contribution in [3.8, 4) is 5.75 Å². The number of carbonyl (C=O) groups excluding carboxylic acids is 4. The summed E-state index contributed by atoms with van der Waals surface area (Å²) in [5.41, 5.74) is 2.35. The number of para-hydroxylation sites is 1. The van der Waals surface area contributed by atoms with Gasteiger partial charge in [-0.05, 0) is 24.3 Å². The van der Waals surface area contributed by atoms with Gasteiger partial charge in [-0.3, -0.25) is 24.6 Å². The maximum Gasteiger partial charge on any atom is 0.282 e. The van der Waals surface area contributed by atoms with Crippen molar-refractivity contribution in [2.24, 2.45) is 0 Å². The third-order valence-electron chi connectivity index (χ3n) is 3.59. The minimum absolute atomic E-state index is 0.000263. The summed E-state index contributed by atoms with van der Waals surface area (Å²) < 4.78 is 0. The number of hydrazine groups is 1. The summed E-state index contributed by atoms with van der Waals surface area (Å²) in [6.45, 7) is 1.28. The number of fused-ring (bicyclic) bond motifs is 1. The molecule has 0 saturated carbocycles. The molecular formula is C17H13N3O5. The number of benzene rings is 2.